The average molecular weight is 334 g/mol. The molecule has 1 aromatic rings. The molecule has 0 bridgehead atoms. The van der Waals surface area contributed by atoms with E-state index in [1.165, 1.54) is 0 Å². The molecular formula is C10H16BrCl2FN2. The first kappa shape index (κ1) is 18.5. The minimum absolute atomic E-state index is 0. The summed E-state index contributed by atoms with van der Waals surface area (Å²) in [5.41, 5.74) is 10.1. The zero-order valence-electron chi connectivity index (χ0n) is 8.66. The number of alkyl halides is 1. The van der Waals surface area contributed by atoms with Gasteiger partial charge in [-0.3, -0.25) is 0 Å². The summed E-state index contributed by atoms with van der Waals surface area (Å²) in [7, 11) is 0. The van der Waals surface area contributed by atoms with Crippen molar-refractivity contribution in [3.05, 3.63) is 34.3 Å². The van der Waals surface area contributed by atoms with Gasteiger partial charge in [-0.25, -0.2) is 4.39 Å². The van der Waals surface area contributed by atoms with E-state index in [0.717, 1.165) is 10.0 Å². The number of rotatable bonds is 4. The lowest BCUT2D eigenvalue weighted by molar-refractivity contribution is 0.184. The van der Waals surface area contributed by atoms with E-state index in [2.05, 4.69) is 15.9 Å². The van der Waals surface area contributed by atoms with Gasteiger partial charge in [0.25, 0.3) is 0 Å². The third-order valence-corrected chi connectivity index (χ3v) is 2.69. The van der Waals surface area contributed by atoms with Crippen molar-refractivity contribution in [1.82, 2.24) is 0 Å². The van der Waals surface area contributed by atoms with Crippen LogP contribution in [0.3, 0.4) is 0 Å². The number of hydrogen-bond donors (Lipinski definition) is 2. The van der Waals surface area contributed by atoms with Gasteiger partial charge in [0.1, 0.15) is 5.67 Å². The lowest BCUT2D eigenvalue weighted by atomic mass is 9.97. The Balaban J connectivity index is 0. The van der Waals surface area contributed by atoms with Gasteiger partial charge in [0.2, 0.25) is 0 Å². The zero-order valence-corrected chi connectivity index (χ0v) is 11.9. The Morgan fingerprint density at radius 2 is 1.50 bits per heavy atom. The van der Waals surface area contributed by atoms with E-state index in [-0.39, 0.29) is 44.3 Å². The summed E-state index contributed by atoms with van der Waals surface area (Å²) in [5.74, 6) is 0. The van der Waals surface area contributed by atoms with Gasteiger partial charge in [-0.15, -0.1) is 24.8 Å². The van der Waals surface area contributed by atoms with Crippen LogP contribution in [0.5, 0.6) is 0 Å². The van der Waals surface area contributed by atoms with Crippen LogP contribution >= 0.6 is 40.7 Å². The molecular weight excluding hydrogens is 318 g/mol. The van der Waals surface area contributed by atoms with Crippen LogP contribution in [0, 0.1) is 0 Å². The summed E-state index contributed by atoms with van der Waals surface area (Å²) in [4.78, 5) is 0. The maximum atomic E-state index is 13.8. The summed E-state index contributed by atoms with van der Waals surface area (Å²) >= 11 is 3.32. The van der Waals surface area contributed by atoms with Crippen molar-refractivity contribution >= 4 is 40.7 Å². The molecule has 0 radical (unpaired) electrons. The van der Waals surface area contributed by atoms with Crippen LogP contribution < -0.4 is 11.5 Å². The Hall–Kier alpha value is 0.130. The van der Waals surface area contributed by atoms with Crippen molar-refractivity contribution in [3.63, 3.8) is 0 Å². The minimum atomic E-state index is -1.48. The fraction of sp³-hybridized carbons (Fsp3) is 0.400. The standard InChI is InChI=1S/C10H14BrFN2.2ClH/c11-9-3-1-8(2-4-9)5-10(12,6-13)7-14;;/h1-4H,5-7,13-14H2;2*1H. The molecule has 4 N–H and O–H groups in total. The highest BCUT2D eigenvalue weighted by Gasteiger charge is 2.26. The number of benzene rings is 1. The fourth-order valence-electron chi connectivity index (χ4n) is 1.20. The molecule has 0 spiro atoms. The minimum Gasteiger partial charge on any atom is -0.327 e. The smallest absolute Gasteiger partial charge is 0.139 e. The second kappa shape index (κ2) is 8.25. The predicted molar refractivity (Wildman–Crippen MR) is 74.3 cm³/mol. The van der Waals surface area contributed by atoms with Gasteiger partial charge in [-0.2, -0.15) is 0 Å². The molecule has 1 aromatic carbocycles. The molecule has 0 unspecified atom stereocenters. The summed E-state index contributed by atoms with van der Waals surface area (Å²) in [6, 6.07) is 7.49. The van der Waals surface area contributed by atoms with E-state index >= 15 is 0 Å². The van der Waals surface area contributed by atoms with Crippen LogP contribution in [0.1, 0.15) is 5.56 Å². The molecule has 6 heteroatoms. The first-order valence-electron chi connectivity index (χ1n) is 4.43. The highest BCUT2D eigenvalue weighted by molar-refractivity contribution is 9.10. The van der Waals surface area contributed by atoms with Crippen molar-refractivity contribution in [2.75, 3.05) is 13.1 Å². The maximum Gasteiger partial charge on any atom is 0.139 e. The molecule has 16 heavy (non-hydrogen) atoms. The van der Waals surface area contributed by atoms with Crippen molar-refractivity contribution in [1.29, 1.82) is 0 Å². The Morgan fingerprint density at radius 1 is 1.06 bits per heavy atom. The normalized spacial score (nSPS) is 10.2. The Kier molecular flexibility index (Phi) is 9.54. The van der Waals surface area contributed by atoms with Crippen molar-refractivity contribution in [2.24, 2.45) is 11.5 Å². The largest absolute Gasteiger partial charge is 0.327 e. The molecule has 0 heterocycles. The van der Waals surface area contributed by atoms with Crippen molar-refractivity contribution in [3.8, 4) is 0 Å². The van der Waals surface area contributed by atoms with Crippen molar-refractivity contribution in [2.45, 2.75) is 12.1 Å². The Labute approximate surface area is 116 Å². The lowest BCUT2D eigenvalue weighted by Crippen LogP contribution is -2.42. The number of hydrogen-bond acceptors (Lipinski definition) is 2. The van der Waals surface area contributed by atoms with Gasteiger partial charge in [0.05, 0.1) is 0 Å². The highest BCUT2D eigenvalue weighted by Crippen LogP contribution is 2.18. The molecule has 0 fully saturated rings. The Bertz CT molecular complexity index is 291. The molecule has 0 saturated heterocycles. The van der Waals surface area contributed by atoms with Gasteiger partial charge in [0.15, 0.2) is 0 Å². The molecule has 0 aliphatic heterocycles. The average Bonchev–Trinajstić information content (AvgIpc) is 2.21. The van der Waals surface area contributed by atoms with E-state index in [1.807, 2.05) is 24.3 Å². The van der Waals surface area contributed by atoms with Gasteiger partial charge >= 0.3 is 0 Å². The van der Waals surface area contributed by atoms with E-state index in [9.17, 15) is 4.39 Å². The van der Waals surface area contributed by atoms with Gasteiger partial charge in [-0.05, 0) is 17.7 Å². The fourth-order valence-corrected chi connectivity index (χ4v) is 1.46. The summed E-state index contributed by atoms with van der Waals surface area (Å²) < 4.78 is 14.8. The zero-order chi connectivity index (χ0) is 10.6. The number of halogens is 4. The molecule has 94 valence electrons. The quantitative estimate of drug-likeness (QED) is 0.889. The number of nitrogens with two attached hydrogens (primary N) is 2. The SMILES string of the molecule is Cl.Cl.NCC(F)(CN)Cc1ccc(Br)cc1. The summed E-state index contributed by atoms with van der Waals surface area (Å²) in [6.45, 7) is -0.0842. The van der Waals surface area contributed by atoms with E-state index < -0.39 is 5.67 Å². The van der Waals surface area contributed by atoms with Gasteiger partial charge in [-0.1, -0.05) is 28.1 Å². The molecule has 0 aliphatic rings. The Morgan fingerprint density at radius 3 is 1.88 bits per heavy atom. The van der Waals surface area contributed by atoms with Gasteiger partial charge < -0.3 is 11.5 Å². The van der Waals surface area contributed by atoms with Crippen LogP contribution in [0.2, 0.25) is 0 Å². The maximum absolute atomic E-state index is 13.8. The first-order chi connectivity index (χ1) is 6.59. The predicted octanol–water partition coefficient (Wildman–Crippen LogP) is 2.46. The monoisotopic (exact) mass is 332 g/mol. The van der Waals surface area contributed by atoms with Crippen LogP contribution in [-0.2, 0) is 6.42 Å². The third kappa shape index (κ3) is 5.46. The van der Waals surface area contributed by atoms with Crippen LogP contribution in [0.15, 0.2) is 28.7 Å². The van der Waals surface area contributed by atoms with E-state index in [4.69, 9.17) is 11.5 Å². The molecule has 0 aliphatic carbocycles. The lowest BCUT2D eigenvalue weighted by Gasteiger charge is -2.21. The molecule has 1 rings (SSSR count). The summed E-state index contributed by atoms with van der Waals surface area (Å²) in [6.07, 6.45) is 0.271. The van der Waals surface area contributed by atoms with E-state index in [1.54, 1.807) is 0 Å². The van der Waals surface area contributed by atoms with Crippen LogP contribution in [0.25, 0.3) is 0 Å². The molecule has 0 amide bonds. The van der Waals surface area contributed by atoms with Crippen LogP contribution in [0.4, 0.5) is 4.39 Å². The topological polar surface area (TPSA) is 52.0 Å². The molecule has 0 aromatic heterocycles. The summed E-state index contributed by atoms with van der Waals surface area (Å²) in [5, 5.41) is 0. The first-order valence-corrected chi connectivity index (χ1v) is 5.22. The second-order valence-corrected chi connectivity index (χ2v) is 4.28. The van der Waals surface area contributed by atoms with Crippen molar-refractivity contribution < 1.29 is 4.39 Å². The third-order valence-electron chi connectivity index (χ3n) is 2.17. The van der Waals surface area contributed by atoms with E-state index in [0.29, 0.717) is 0 Å². The van der Waals surface area contributed by atoms with Gasteiger partial charge in [0, 0.05) is 24.0 Å². The second-order valence-electron chi connectivity index (χ2n) is 3.36. The molecule has 2 nitrogen and oxygen atoms in total. The van der Waals surface area contributed by atoms with Crippen LogP contribution in [-0.4, -0.2) is 18.8 Å². The molecule has 0 saturated carbocycles. The molecule has 0 atom stereocenters. The highest BCUT2D eigenvalue weighted by atomic mass is 79.9.